The minimum atomic E-state index is -0.333. The Balaban J connectivity index is 2.43. The Hall–Kier alpha value is -1.77. The Morgan fingerprint density at radius 3 is 2.76 bits per heavy atom. The van der Waals surface area contributed by atoms with Crippen LogP contribution in [0, 0.1) is 0 Å². The van der Waals surface area contributed by atoms with E-state index in [2.05, 4.69) is 6.92 Å². The van der Waals surface area contributed by atoms with E-state index in [0.29, 0.717) is 13.2 Å². The van der Waals surface area contributed by atoms with Crippen molar-refractivity contribution in [2.24, 2.45) is 0 Å². The molecule has 3 nitrogen and oxygen atoms in total. The van der Waals surface area contributed by atoms with Crippen molar-refractivity contribution in [1.29, 1.82) is 0 Å². The maximum absolute atomic E-state index is 11.0. The van der Waals surface area contributed by atoms with Gasteiger partial charge in [0.15, 0.2) is 0 Å². The van der Waals surface area contributed by atoms with Crippen molar-refractivity contribution >= 4 is 5.97 Å². The van der Waals surface area contributed by atoms with Crippen molar-refractivity contribution in [2.75, 3.05) is 13.2 Å². The highest BCUT2D eigenvalue weighted by Crippen LogP contribution is 2.17. The van der Waals surface area contributed by atoms with Crippen LogP contribution < -0.4 is 4.74 Å². The minimum Gasteiger partial charge on any atom is -0.489 e. The molecular formula is C14H18O3. The van der Waals surface area contributed by atoms with E-state index < -0.39 is 0 Å². The van der Waals surface area contributed by atoms with E-state index in [4.69, 9.17) is 9.47 Å². The summed E-state index contributed by atoms with van der Waals surface area (Å²) in [7, 11) is 0. The molecule has 17 heavy (non-hydrogen) atoms. The van der Waals surface area contributed by atoms with Crippen LogP contribution in [0.1, 0.15) is 19.4 Å². The van der Waals surface area contributed by atoms with E-state index in [1.54, 1.807) is 13.0 Å². The molecule has 0 saturated heterocycles. The minimum absolute atomic E-state index is 0.333. The summed E-state index contributed by atoms with van der Waals surface area (Å²) in [6, 6.07) is 7.88. The fraction of sp³-hybridized carbons (Fsp3) is 0.357. The van der Waals surface area contributed by atoms with Crippen LogP contribution in [-0.2, 0) is 16.0 Å². The molecule has 0 aliphatic carbocycles. The molecule has 0 aromatic heterocycles. The maximum atomic E-state index is 11.0. The van der Waals surface area contributed by atoms with Crippen molar-refractivity contribution in [3.05, 3.63) is 42.0 Å². The Bertz CT molecular complexity index is 383. The molecule has 0 fully saturated rings. The lowest BCUT2D eigenvalue weighted by Crippen LogP contribution is -2.01. The van der Waals surface area contributed by atoms with Crippen LogP contribution in [0.5, 0.6) is 5.75 Å². The molecule has 0 saturated carbocycles. The molecular weight excluding hydrogens is 216 g/mol. The Morgan fingerprint density at radius 2 is 2.06 bits per heavy atom. The van der Waals surface area contributed by atoms with Crippen molar-refractivity contribution < 1.29 is 14.3 Å². The van der Waals surface area contributed by atoms with Crippen LogP contribution in [0.15, 0.2) is 36.4 Å². The van der Waals surface area contributed by atoms with Gasteiger partial charge in [0.25, 0.3) is 0 Å². The van der Waals surface area contributed by atoms with Crippen LogP contribution >= 0.6 is 0 Å². The Morgan fingerprint density at radius 1 is 1.29 bits per heavy atom. The molecule has 0 atom stereocenters. The van der Waals surface area contributed by atoms with Gasteiger partial charge in [-0.25, -0.2) is 4.79 Å². The molecule has 92 valence electrons. The second kappa shape index (κ2) is 7.49. The summed E-state index contributed by atoms with van der Waals surface area (Å²) in [6.07, 6.45) is 3.97. The third-order valence-corrected chi connectivity index (χ3v) is 2.23. The van der Waals surface area contributed by atoms with Gasteiger partial charge in [-0.2, -0.15) is 0 Å². The number of hydrogen-bond acceptors (Lipinski definition) is 3. The van der Waals surface area contributed by atoms with Crippen molar-refractivity contribution in [3.8, 4) is 5.75 Å². The van der Waals surface area contributed by atoms with Gasteiger partial charge in [0.2, 0.25) is 0 Å². The smallest absolute Gasteiger partial charge is 0.330 e. The third kappa shape index (κ3) is 4.72. The predicted octanol–water partition coefficient (Wildman–Crippen LogP) is 2.75. The van der Waals surface area contributed by atoms with Gasteiger partial charge in [-0.1, -0.05) is 25.1 Å². The number of carbonyl (C=O) groups excluding carboxylic acids is 1. The first-order valence-electron chi connectivity index (χ1n) is 5.82. The number of aryl methyl sites for hydroxylation is 1. The summed E-state index contributed by atoms with van der Waals surface area (Å²) in [6.45, 7) is 4.62. The van der Waals surface area contributed by atoms with Gasteiger partial charge in [-0.3, -0.25) is 0 Å². The molecule has 0 spiro atoms. The number of rotatable bonds is 6. The van der Waals surface area contributed by atoms with E-state index in [-0.39, 0.29) is 5.97 Å². The average molecular weight is 234 g/mol. The maximum Gasteiger partial charge on any atom is 0.330 e. The van der Waals surface area contributed by atoms with Crippen LogP contribution in [0.2, 0.25) is 0 Å². The first kappa shape index (κ1) is 13.3. The Kier molecular flexibility index (Phi) is 5.86. The summed E-state index contributed by atoms with van der Waals surface area (Å²) in [5, 5.41) is 0. The highest BCUT2D eigenvalue weighted by atomic mass is 16.5. The van der Waals surface area contributed by atoms with E-state index in [0.717, 1.165) is 17.7 Å². The molecule has 0 N–H and O–H groups in total. The van der Waals surface area contributed by atoms with Crippen LogP contribution in [0.3, 0.4) is 0 Å². The first-order chi connectivity index (χ1) is 8.27. The normalized spacial score (nSPS) is 10.5. The van der Waals surface area contributed by atoms with E-state index in [1.807, 2.05) is 24.3 Å². The van der Waals surface area contributed by atoms with Crippen molar-refractivity contribution in [2.45, 2.75) is 20.3 Å². The number of carbonyl (C=O) groups is 1. The second-order valence-corrected chi connectivity index (χ2v) is 3.43. The van der Waals surface area contributed by atoms with Gasteiger partial charge in [0.05, 0.1) is 6.61 Å². The van der Waals surface area contributed by atoms with Gasteiger partial charge in [-0.15, -0.1) is 0 Å². The van der Waals surface area contributed by atoms with Gasteiger partial charge >= 0.3 is 5.97 Å². The molecule has 0 unspecified atom stereocenters. The third-order valence-electron chi connectivity index (χ3n) is 2.23. The topological polar surface area (TPSA) is 35.5 Å². The number of esters is 1. The van der Waals surface area contributed by atoms with Gasteiger partial charge < -0.3 is 9.47 Å². The van der Waals surface area contributed by atoms with Crippen molar-refractivity contribution in [3.63, 3.8) is 0 Å². The number of benzene rings is 1. The number of ether oxygens (including phenoxy) is 2. The van der Waals surface area contributed by atoms with Gasteiger partial charge in [0, 0.05) is 6.08 Å². The number of para-hydroxylation sites is 1. The molecule has 0 heterocycles. The van der Waals surface area contributed by atoms with E-state index in [9.17, 15) is 4.79 Å². The lowest BCUT2D eigenvalue weighted by Gasteiger charge is -2.07. The van der Waals surface area contributed by atoms with Gasteiger partial charge in [0.1, 0.15) is 12.4 Å². The van der Waals surface area contributed by atoms with Crippen LogP contribution in [0.25, 0.3) is 0 Å². The molecule has 0 aliphatic rings. The monoisotopic (exact) mass is 234 g/mol. The predicted molar refractivity (Wildman–Crippen MR) is 67.1 cm³/mol. The molecule has 1 aromatic rings. The van der Waals surface area contributed by atoms with E-state index in [1.165, 1.54) is 6.08 Å². The molecule has 0 radical (unpaired) electrons. The molecule has 3 heteroatoms. The fourth-order valence-electron chi connectivity index (χ4n) is 1.41. The Labute approximate surface area is 102 Å². The summed E-state index contributed by atoms with van der Waals surface area (Å²) >= 11 is 0. The van der Waals surface area contributed by atoms with Crippen LogP contribution in [0.4, 0.5) is 0 Å². The summed E-state index contributed by atoms with van der Waals surface area (Å²) in [4.78, 5) is 11.0. The second-order valence-electron chi connectivity index (χ2n) is 3.43. The summed E-state index contributed by atoms with van der Waals surface area (Å²) < 4.78 is 10.3. The zero-order chi connectivity index (χ0) is 12.5. The standard InChI is InChI=1S/C14H18O3/c1-3-12-8-5-6-9-13(12)17-11-7-10-14(15)16-4-2/h5-10H,3-4,11H2,1-2H3/b10-7+. The van der Waals surface area contributed by atoms with E-state index >= 15 is 0 Å². The highest BCUT2D eigenvalue weighted by Gasteiger charge is 1.99. The van der Waals surface area contributed by atoms with Gasteiger partial charge in [-0.05, 0) is 31.1 Å². The first-order valence-corrected chi connectivity index (χ1v) is 5.82. The average Bonchev–Trinajstić information content (AvgIpc) is 2.35. The molecule has 0 aliphatic heterocycles. The number of hydrogen-bond donors (Lipinski definition) is 0. The lowest BCUT2D eigenvalue weighted by molar-refractivity contribution is -0.137. The summed E-state index contributed by atoms with van der Waals surface area (Å²) in [5.41, 5.74) is 1.16. The fourth-order valence-corrected chi connectivity index (χ4v) is 1.41. The largest absolute Gasteiger partial charge is 0.489 e. The van der Waals surface area contributed by atoms with Crippen molar-refractivity contribution in [1.82, 2.24) is 0 Å². The SMILES string of the molecule is CCOC(=O)/C=C/COc1ccccc1CC. The molecule has 0 amide bonds. The molecule has 1 aromatic carbocycles. The zero-order valence-electron chi connectivity index (χ0n) is 10.3. The quantitative estimate of drug-likeness (QED) is 0.561. The molecule has 1 rings (SSSR count). The van der Waals surface area contributed by atoms with Crippen LogP contribution in [-0.4, -0.2) is 19.2 Å². The zero-order valence-corrected chi connectivity index (χ0v) is 10.3. The summed E-state index contributed by atoms with van der Waals surface area (Å²) in [5.74, 6) is 0.531. The molecule has 0 bridgehead atoms. The lowest BCUT2D eigenvalue weighted by atomic mass is 10.1. The highest BCUT2D eigenvalue weighted by molar-refractivity contribution is 5.81.